The Morgan fingerprint density at radius 3 is 2.64 bits per heavy atom. The van der Waals surface area contributed by atoms with E-state index in [1.807, 2.05) is 6.07 Å². The number of amides is 1. The zero-order chi connectivity index (χ0) is 25.4. The van der Waals surface area contributed by atoms with E-state index >= 15 is 0 Å². The highest BCUT2D eigenvalue weighted by atomic mass is 35.5. The molecule has 1 aromatic carbocycles. The van der Waals surface area contributed by atoms with E-state index in [2.05, 4.69) is 37.4 Å². The van der Waals surface area contributed by atoms with Gasteiger partial charge in [-0.2, -0.15) is 13.8 Å². The quantitative estimate of drug-likeness (QED) is 0.390. The number of hydrogen-bond donors (Lipinski definition) is 3. The Labute approximate surface area is 215 Å². The molecular formula is C23H24ClF2N7O2S. The highest BCUT2D eigenvalue weighted by molar-refractivity contribution is 7.12. The fourth-order valence-electron chi connectivity index (χ4n) is 4.80. The number of rotatable bonds is 8. The van der Waals surface area contributed by atoms with Crippen LogP contribution in [0.1, 0.15) is 9.67 Å². The largest absolute Gasteiger partial charge is 0.433 e. The van der Waals surface area contributed by atoms with Gasteiger partial charge in [0, 0.05) is 37.9 Å². The third-order valence-electron chi connectivity index (χ3n) is 6.35. The number of anilines is 5. The molecule has 3 aromatic rings. The maximum Gasteiger partial charge on any atom is 0.387 e. The molecule has 1 amide bonds. The van der Waals surface area contributed by atoms with E-state index in [-0.39, 0.29) is 28.2 Å². The van der Waals surface area contributed by atoms with Crippen LogP contribution in [0.4, 0.5) is 37.6 Å². The van der Waals surface area contributed by atoms with Crippen LogP contribution in [0.5, 0.6) is 5.75 Å². The standard InChI is InChI=1S/C23H24ClF2N7O2S/c1-32-8-12-10-33(11-13(12)9-32)14-2-3-16(18(6-14)35-22(25)26)30-23-28-7-15(24)21(31-23)29-17-4-5-36-19(17)20(27)34/h2-7,12-13,22H,8-11H2,1H3,(H2,27,34)(H2,28,29,30,31)/t12-,13+. The smallest absolute Gasteiger partial charge is 0.387 e. The van der Waals surface area contributed by atoms with E-state index in [1.54, 1.807) is 23.6 Å². The summed E-state index contributed by atoms with van der Waals surface area (Å²) in [6.07, 6.45) is 1.36. The van der Waals surface area contributed by atoms with Gasteiger partial charge in [-0.1, -0.05) is 11.6 Å². The highest BCUT2D eigenvalue weighted by Crippen LogP contribution is 2.38. The first-order chi connectivity index (χ1) is 17.3. The fourth-order valence-corrected chi connectivity index (χ4v) is 5.65. The molecule has 2 atom stereocenters. The summed E-state index contributed by atoms with van der Waals surface area (Å²) in [5.41, 5.74) is 6.95. The van der Waals surface area contributed by atoms with Crippen LogP contribution in [0.15, 0.2) is 35.8 Å². The minimum atomic E-state index is -3.00. The number of alkyl halides is 2. The summed E-state index contributed by atoms with van der Waals surface area (Å²) in [6.45, 7) is 0.833. The second-order valence-corrected chi connectivity index (χ2v) is 10.2. The molecule has 2 fully saturated rings. The number of aromatic nitrogens is 2. The van der Waals surface area contributed by atoms with E-state index in [0.29, 0.717) is 22.4 Å². The third kappa shape index (κ3) is 5.15. The number of ether oxygens (including phenoxy) is 1. The van der Waals surface area contributed by atoms with Gasteiger partial charge in [0.2, 0.25) is 5.95 Å². The van der Waals surface area contributed by atoms with Crippen molar-refractivity contribution in [3.8, 4) is 5.75 Å². The van der Waals surface area contributed by atoms with Crippen LogP contribution in [0, 0.1) is 11.8 Å². The van der Waals surface area contributed by atoms with Gasteiger partial charge in [-0.3, -0.25) is 4.79 Å². The van der Waals surface area contributed by atoms with Gasteiger partial charge in [-0.05, 0) is 42.5 Å². The van der Waals surface area contributed by atoms with Crippen molar-refractivity contribution in [2.75, 3.05) is 48.8 Å². The molecule has 0 saturated carbocycles. The topological polar surface area (TPSA) is 109 Å². The first-order valence-corrected chi connectivity index (χ1v) is 12.5. The Balaban J connectivity index is 1.37. The van der Waals surface area contributed by atoms with Crippen LogP contribution < -0.4 is 26.0 Å². The van der Waals surface area contributed by atoms with Crippen molar-refractivity contribution in [2.45, 2.75) is 6.61 Å². The SMILES string of the molecule is CN1C[C@@H]2CN(c3ccc(Nc4ncc(Cl)c(Nc5ccsc5C(N)=O)n4)c(OC(F)F)c3)C[C@@H]2C1. The molecule has 190 valence electrons. The summed E-state index contributed by atoms with van der Waals surface area (Å²) in [6, 6.07) is 6.82. The second kappa shape index (κ2) is 10.0. The molecule has 36 heavy (non-hydrogen) atoms. The minimum absolute atomic E-state index is 0.0152. The number of benzene rings is 1. The van der Waals surface area contributed by atoms with Gasteiger partial charge in [0.05, 0.1) is 17.6 Å². The zero-order valence-electron chi connectivity index (χ0n) is 19.2. The molecule has 2 aromatic heterocycles. The van der Waals surface area contributed by atoms with Crippen molar-refractivity contribution in [3.63, 3.8) is 0 Å². The van der Waals surface area contributed by atoms with Gasteiger partial charge < -0.3 is 30.9 Å². The van der Waals surface area contributed by atoms with Crippen molar-refractivity contribution in [2.24, 2.45) is 17.6 Å². The molecule has 2 aliphatic heterocycles. The van der Waals surface area contributed by atoms with Crippen LogP contribution in [0.3, 0.4) is 0 Å². The Morgan fingerprint density at radius 2 is 1.94 bits per heavy atom. The lowest BCUT2D eigenvalue weighted by Crippen LogP contribution is -2.26. The second-order valence-electron chi connectivity index (χ2n) is 8.87. The summed E-state index contributed by atoms with van der Waals surface area (Å²) in [7, 11) is 2.12. The number of nitrogens with one attached hydrogen (secondary N) is 2. The lowest BCUT2D eigenvalue weighted by molar-refractivity contribution is -0.0493. The van der Waals surface area contributed by atoms with Gasteiger partial charge in [0.1, 0.15) is 9.90 Å². The van der Waals surface area contributed by atoms with Crippen molar-refractivity contribution in [1.29, 1.82) is 0 Å². The third-order valence-corrected chi connectivity index (χ3v) is 7.55. The average molecular weight is 536 g/mol. The Morgan fingerprint density at radius 1 is 1.19 bits per heavy atom. The Kier molecular flexibility index (Phi) is 6.82. The predicted molar refractivity (Wildman–Crippen MR) is 136 cm³/mol. The number of fused-ring (bicyclic) bond motifs is 1. The van der Waals surface area contributed by atoms with Gasteiger partial charge >= 0.3 is 6.61 Å². The van der Waals surface area contributed by atoms with Crippen molar-refractivity contribution in [3.05, 3.63) is 45.7 Å². The molecule has 5 rings (SSSR count). The Bertz CT molecular complexity index is 1260. The number of carbonyl (C=O) groups excluding carboxylic acids is 1. The summed E-state index contributed by atoms with van der Waals surface area (Å²) < 4.78 is 31.3. The fraction of sp³-hybridized carbons (Fsp3) is 0.348. The Hall–Kier alpha value is -3.22. The van der Waals surface area contributed by atoms with E-state index in [0.717, 1.165) is 31.9 Å². The number of halogens is 3. The van der Waals surface area contributed by atoms with Crippen molar-refractivity contribution < 1.29 is 18.3 Å². The summed E-state index contributed by atoms with van der Waals surface area (Å²) in [4.78, 5) is 25.0. The number of nitrogens with zero attached hydrogens (tertiary/aromatic N) is 4. The van der Waals surface area contributed by atoms with Gasteiger partial charge in [0.15, 0.2) is 11.6 Å². The summed E-state index contributed by atoms with van der Waals surface area (Å²) >= 11 is 7.41. The van der Waals surface area contributed by atoms with Crippen LogP contribution in [0.25, 0.3) is 0 Å². The molecule has 0 spiro atoms. The van der Waals surface area contributed by atoms with Gasteiger partial charge in [-0.25, -0.2) is 4.98 Å². The number of thiophene rings is 1. The molecule has 0 bridgehead atoms. The monoisotopic (exact) mass is 535 g/mol. The van der Waals surface area contributed by atoms with E-state index in [4.69, 9.17) is 22.1 Å². The molecule has 0 aliphatic carbocycles. The van der Waals surface area contributed by atoms with Gasteiger partial charge in [0.25, 0.3) is 5.91 Å². The predicted octanol–water partition coefficient (Wildman–Crippen LogP) is 4.38. The summed E-state index contributed by atoms with van der Waals surface area (Å²) in [5, 5.41) is 7.81. The van der Waals surface area contributed by atoms with Gasteiger partial charge in [-0.15, -0.1) is 11.3 Å². The molecule has 0 unspecified atom stereocenters. The normalized spacial score (nSPS) is 19.5. The molecule has 2 aliphatic rings. The number of hydrogen-bond acceptors (Lipinski definition) is 9. The van der Waals surface area contributed by atoms with E-state index < -0.39 is 12.5 Å². The summed E-state index contributed by atoms with van der Waals surface area (Å²) in [5.74, 6) is 0.857. The zero-order valence-corrected chi connectivity index (χ0v) is 20.8. The molecule has 4 heterocycles. The molecular weight excluding hydrogens is 512 g/mol. The van der Waals surface area contributed by atoms with Crippen molar-refractivity contribution in [1.82, 2.24) is 14.9 Å². The first-order valence-electron chi connectivity index (χ1n) is 11.2. The van der Waals surface area contributed by atoms with E-state index in [1.165, 1.54) is 17.5 Å². The van der Waals surface area contributed by atoms with Crippen LogP contribution in [0.2, 0.25) is 5.02 Å². The van der Waals surface area contributed by atoms with Crippen LogP contribution in [-0.4, -0.2) is 60.6 Å². The molecule has 2 saturated heterocycles. The molecule has 4 N–H and O–H groups in total. The number of primary amides is 1. The van der Waals surface area contributed by atoms with E-state index in [9.17, 15) is 13.6 Å². The first kappa shape index (κ1) is 24.5. The highest BCUT2D eigenvalue weighted by Gasteiger charge is 2.38. The van der Waals surface area contributed by atoms with Crippen LogP contribution in [-0.2, 0) is 0 Å². The number of likely N-dealkylation sites (tertiary alicyclic amines) is 1. The maximum absolute atomic E-state index is 13.2. The number of nitrogens with two attached hydrogens (primary N) is 1. The maximum atomic E-state index is 13.2. The van der Waals surface area contributed by atoms with Crippen molar-refractivity contribution >= 4 is 57.7 Å². The lowest BCUT2D eigenvalue weighted by atomic mass is 10.0. The average Bonchev–Trinajstić information content (AvgIpc) is 3.51. The van der Waals surface area contributed by atoms with Crippen LogP contribution >= 0.6 is 22.9 Å². The minimum Gasteiger partial charge on any atom is -0.433 e. The molecule has 13 heteroatoms. The lowest BCUT2D eigenvalue weighted by Gasteiger charge is -2.23. The molecule has 9 nitrogen and oxygen atoms in total. The molecule has 0 radical (unpaired) electrons. The number of carbonyl (C=O) groups is 1.